The number of esters is 5. The highest BCUT2D eigenvalue weighted by Crippen LogP contribution is 2.34. The van der Waals surface area contributed by atoms with Gasteiger partial charge in [-0.1, -0.05) is 48.0 Å². The minimum absolute atomic E-state index is 0.0658. The number of sulfonamides is 1. The molecular weight excluding hydrogens is 734 g/mol. The number of aryl methyl sites for hydroxylation is 1. The molecule has 0 aliphatic carbocycles. The van der Waals surface area contributed by atoms with Gasteiger partial charge >= 0.3 is 29.8 Å². The first kappa shape index (κ1) is 42.3. The van der Waals surface area contributed by atoms with Gasteiger partial charge in [0.05, 0.1) is 17.5 Å². The van der Waals surface area contributed by atoms with Gasteiger partial charge in [-0.25, -0.2) is 13.1 Å². The van der Waals surface area contributed by atoms with Crippen molar-refractivity contribution in [1.82, 2.24) is 4.72 Å². The second kappa shape index (κ2) is 19.2. The molecule has 2 saturated heterocycles. The second-order valence-corrected chi connectivity index (χ2v) is 14.4. The zero-order valence-corrected chi connectivity index (χ0v) is 31.5. The van der Waals surface area contributed by atoms with Crippen LogP contribution in [-0.2, 0) is 83.2 Å². The van der Waals surface area contributed by atoms with Crippen molar-refractivity contribution in [2.75, 3.05) is 13.2 Å². The van der Waals surface area contributed by atoms with Gasteiger partial charge in [0, 0.05) is 41.0 Å². The molecule has 54 heavy (non-hydrogen) atoms. The van der Waals surface area contributed by atoms with Crippen LogP contribution in [0.3, 0.4) is 0 Å². The Morgan fingerprint density at radius 3 is 1.78 bits per heavy atom. The number of rotatable bonds is 15. The summed E-state index contributed by atoms with van der Waals surface area (Å²) >= 11 is 0. The first-order valence-corrected chi connectivity index (χ1v) is 18.5. The van der Waals surface area contributed by atoms with E-state index in [-0.39, 0.29) is 17.9 Å². The van der Waals surface area contributed by atoms with Crippen molar-refractivity contribution in [1.29, 1.82) is 0 Å². The molecule has 18 heteroatoms. The summed E-state index contributed by atoms with van der Waals surface area (Å²) in [5, 5.41) is 0. The molecule has 4 rings (SSSR count). The molecule has 0 aromatic heterocycles. The minimum atomic E-state index is -4.27. The van der Waals surface area contributed by atoms with Crippen LogP contribution in [-0.4, -0.2) is 107 Å². The van der Waals surface area contributed by atoms with Crippen molar-refractivity contribution < 1.29 is 75.0 Å². The first-order valence-electron chi connectivity index (χ1n) is 17.0. The SMILES string of the molecule is CC(=O)OC[C@H]1O[C@H](O[C@H]2[C@@H](NS(=O)(=O)c3ccc(C)cc3)C[C@@H](OCc3ccccc3)O[C@@H]2COC(C)=O)[C@H](OC(C)=O)[C@@H](OC(C)=O)[C@@H]1OC(C)=O. The van der Waals surface area contributed by atoms with E-state index in [9.17, 15) is 32.4 Å². The molecule has 296 valence electrons. The lowest BCUT2D eigenvalue weighted by Gasteiger charge is -2.47. The standard InChI is InChI=1S/C36H45NO16S/c1-20-12-14-27(15-13-20)54(43,44)37-28-16-31(47-17-26-10-8-7-9-11-26)51-29(18-45-21(2)38)32(28)53-36-35(50-25(6)42)34(49-24(5)41)33(48-23(4)40)30(52-36)19-46-22(3)39/h7-15,28-37H,16-19H2,1-6H3/t28-,29+,30+,31-,32-,33+,34-,35+,36+/m0/s1. The highest BCUT2D eigenvalue weighted by molar-refractivity contribution is 7.89. The van der Waals surface area contributed by atoms with E-state index in [0.29, 0.717) is 0 Å². The Morgan fingerprint density at radius 2 is 1.22 bits per heavy atom. The zero-order chi connectivity index (χ0) is 39.6. The molecule has 9 atom stereocenters. The van der Waals surface area contributed by atoms with Crippen LogP contribution in [0.4, 0.5) is 0 Å². The number of nitrogens with one attached hydrogen (secondary N) is 1. The normalized spacial score (nSPS) is 26.9. The molecule has 2 heterocycles. The van der Waals surface area contributed by atoms with Gasteiger partial charge < -0.3 is 42.6 Å². The second-order valence-electron chi connectivity index (χ2n) is 12.6. The quantitative estimate of drug-likeness (QED) is 0.202. The molecule has 17 nitrogen and oxygen atoms in total. The lowest BCUT2D eigenvalue weighted by molar-refractivity contribution is -0.338. The van der Waals surface area contributed by atoms with E-state index >= 15 is 0 Å². The molecule has 2 aliphatic heterocycles. The van der Waals surface area contributed by atoms with Crippen molar-refractivity contribution in [3.8, 4) is 0 Å². The highest BCUT2D eigenvalue weighted by atomic mass is 32.2. The summed E-state index contributed by atoms with van der Waals surface area (Å²) in [6, 6.07) is 14.0. The number of hydrogen-bond donors (Lipinski definition) is 1. The third-order valence-corrected chi connectivity index (χ3v) is 9.65. The fraction of sp³-hybridized carbons (Fsp3) is 0.528. The zero-order valence-electron chi connectivity index (χ0n) is 30.7. The maximum absolute atomic E-state index is 13.8. The highest BCUT2D eigenvalue weighted by Gasteiger charge is 2.55. The van der Waals surface area contributed by atoms with Gasteiger partial charge in [0.15, 0.2) is 30.9 Å². The van der Waals surface area contributed by atoms with Crippen LogP contribution in [0.15, 0.2) is 59.5 Å². The van der Waals surface area contributed by atoms with Crippen LogP contribution in [0.5, 0.6) is 0 Å². The maximum atomic E-state index is 13.8. The molecule has 1 N–H and O–H groups in total. The predicted octanol–water partition coefficient (Wildman–Crippen LogP) is 2.01. The Hall–Kier alpha value is -4.46. The van der Waals surface area contributed by atoms with Crippen molar-refractivity contribution >= 4 is 39.9 Å². The van der Waals surface area contributed by atoms with Crippen molar-refractivity contribution in [2.24, 2.45) is 0 Å². The van der Waals surface area contributed by atoms with Crippen molar-refractivity contribution in [3.63, 3.8) is 0 Å². The summed E-state index contributed by atoms with van der Waals surface area (Å²) in [6.45, 7) is 6.39. The molecule has 0 spiro atoms. The number of ether oxygens (including phenoxy) is 9. The number of carbonyl (C=O) groups is 5. The molecule has 2 aliphatic rings. The van der Waals surface area contributed by atoms with Gasteiger partial charge in [-0.2, -0.15) is 0 Å². The molecule has 0 bridgehead atoms. The molecular formula is C36H45NO16S. The van der Waals surface area contributed by atoms with Crippen LogP contribution in [0.2, 0.25) is 0 Å². The molecule has 0 amide bonds. The molecule has 2 fully saturated rings. The summed E-state index contributed by atoms with van der Waals surface area (Å²) in [6.07, 6.45) is -11.6. The maximum Gasteiger partial charge on any atom is 0.303 e. The van der Waals surface area contributed by atoms with Gasteiger partial charge in [0.25, 0.3) is 0 Å². The topological polar surface area (TPSA) is 215 Å². The smallest absolute Gasteiger partial charge is 0.303 e. The van der Waals surface area contributed by atoms with E-state index in [1.807, 2.05) is 30.3 Å². The Labute approximate surface area is 312 Å². The summed E-state index contributed by atoms with van der Waals surface area (Å²) in [5.41, 5.74) is 1.62. The van der Waals surface area contributed by atoms with Crippen LogP contribution in [0.1, 0.15) is 52.2 Å². The Kier molecular flexibility index (Phi) is 15.1. The molecule has 0 saturated carbocycles. The van der Waals surface area contributed by atoms with Crippen molar-refractivity contribution in [2.45, 2.75) is 115 Å². The van der Waals surface area contributed by atoms with Crippen LogP contribution >= 0.6 is 0 Å². The van der Waals surface area contributed by atoms with Gasteiger partial charge in [0.2, 0.25) is 10.0 Å². The third kappa shape index (κ3) is 12.3. The monoisotopic (exact) mass is 779 g/mol. The third-order valence-electron chi connectivity index (χ3n) is 8.14. The van der Waals surface area contributed by atoms with Crippen molar-refractivity contribution in [3.05, 3.63) is 65.7 Å². The molecule has 0 unspecified atom stereocenters. The van der Waals surface area contributed by atoms with E-state index < -0.39 is 108 Å². The number of hydrogen-bond acceptors (Lipinski definition) is 16. The molecule has 2 aromatic carbocycles. The van der Waals surface area contributed by atoms with Crippen LogP contribution in [0, 0.1) is 6.92 Å². The fourth-order valence-corrected chi connectivity index (χ4v) is 7.13. The van der Waals surface area contributed by atoms with Gasteiger partial charge in [-0.3, -0.25) is 24.0 Å². The summed E-state index contributed by atoms with van der Waals surface area (Å²) in [7, 11) is -4.27. The first-order chi connectivity index (χ1) is 25.5. The summed E-state index contributed by atoms with van der Waals surface area (Å²) in [4.78, 5) is 60.9. The summed E-state index contributed by atoms with van der Waals surface area (Å²) in [5.74, 6) is -3.98. The lowest BCUT2D eigenvalue weighted by Crippen LogP contribution is -2.66. The van der Waals surface area contributed by atoms with Crippen LogP contribution in [0.25, 0.3) is 0 Å². The van der Waals surface area contributed by atoms with E-state index in [1.54, 1.807) is 19.1 Å². The average molecular weight is 780 g/mol. The Bertz CT molecular complexity index is 1720. The lowest BCUT2D eigenvalue weighted by atomic mass is 9.96. The van der Waals surface area contributed by atoms with Gasteiger partial charge in [-0.15, -0.1) is 0 Å². The fourth-order valence-electron chi connectivity index (χ4n) is 5.87. The van der Waals surface area contributed by atoms with Gasteiger partial charge in [0.1, 0.15) is 31.5 Å². The molecule has 0 radical (unpaired) electrons. The van der Waals surface area contributed by atoms with E-state index in [4.69, 9.17) is 42.6 Å². The van der Waals surface area contributed by atoms with E-state index in [1.165, 1.54) is 19.1 Å². The Morgan fingerprint density at radius 1 is 0.685 bits per heavy atom. The Balaban J connectivity index is 1.78. The van der Waals surface area contributed by atoms with Crippen LogP contribution < -0.4 is 4.72 Å². The van der Waals surface area contributed by atoms with E-state index in [0.717, 1.165) is 38.8 Å². The van der Waals surface area contributed by atoms with Gasteiger partial charge in [-0.05, 0) is 24.6 Å². The molecule has 2 aromatic rings. The van der Waals surface area contributed by atoms with E-state index in [2.05, 4.69) is 4.72 Å². The largest absolute Gasteiger partial charge is 0.463 e. The predicted molar refractivity (Wildman–Crippen MR) is 183 cm³/mol. The number of benzene rings is 2. The average Bonchev–Trinajstić information content (AvgIpc) is 3.09. The summed E-state index contributed by atoms with van der Waals surface area (Å²) < 4.78 is 82.2. The number of carbonyl (C=O) groups excluding carboxylic acids is 5. The minimum Gasteiger partial charge on any atom is -0.463 e.